The van der Waals surface area contributed by atoms with Crippen LogP contribution in [0.5, 0.6) is 0 Å². The normalized spacial score (nSPS) is 16.6. The minimum Gasteiger partial charge on any atom is -0.338 e. The lowest BCUT2D eigenvalue weighted by molar-refractivity contribution is -0.131. The van der Waals surface area contributed by atoms with E-state index in [0.29, 0.717) is 18.5 Å². The second-order valence-corrected chi connectivity index (χ2v) is 6.27. The lowest BCUT2D eigenvalue weighted by Crippen LogP contribution is -2.46. The van der Waals surface area contributed by atoms with Crippen LogP contribution in [0.4, 0.5) is 0 Å². The summed E-state index contributed by atoms with van der Waals surface area (Å²) < 4.78 is 0. The quantitative estimate of drug-likeness (QED) is 0.778. The van der Waals surface area contributed by atoms with Gasteiger partial charge in [0.1, 0.15) is 0 Å². The second-order valence-electron chi connectivity index (χ2n) is 6.27. The highest BCUT2D eigenvalue weighted by atomic mass is 16.2. The van der Waals surface area contributed by atoms with Gasteiger partial charge in [-0.1, -0.05) is 13.8 Å². The summed E-state index contributed by atoms with van der Waals surface area (Å²) in [5.74, 6) is 0.810. The number of nitrogens with zero attached hydrogens (tertiary/aromatic N) is 1. The maximum Gasteiger partial charge on any atom is 0.236 e. The van der Waals surface area contributed by atoms with Gasteiger partial charge in [-0.3, -0.25) is 4.79 Å². The van der Waals surface area contributed by atoms with Crippen LogP contribution in [0, 0.1) is 5.92 Å². The first-order valence-corrected chi connectivity index (χ1v) is 6.34. The molecule has 0 aromatic carbocycles. The molecule has 0 radical (unpaired) electrons. The molecule has 1 amide bonds. The first kappa shape index (κ1) is 13.5. The van der Waals surface area contributed by atoms with Gasteiger partial charge in [-0.05, 0) is 39.5 Å². The molecule has 3 nitrogen and oxygen atoms in total. The van der Waals surface area contributed by atoms with Gasteiger partial charge in [0, 0.05) is 18.1 Å². The Balaban J connectivity index is 2.41. The van der Waals surface area contributed by atoms with Crippen molar-refractivity contribution in [1.29, 1.82) is 0 Å². The molecule has 0 aromatic rings. The van der Waals surface area contributed by atoms with Gasteiger partial charge in [0.15, 0.2) is 0 Å². The molecule has 0 heterocycles. The fourth-order valence-electron chi connectivity index (χ4n) is 1.68. The predicted octanol–water partition coefficient (Wildman–Crippen LogP) is 2.02. The summed E-state index contributed by atoms with van der Waals surface area (Å²) in [6.45, 7) is 12.0. The van der Waals surface area contributed by atoms with Crippen molar-refractivity contribution in [3.8, 4) is 0 Å². The van der Waals surface area contributed by atoms with Crippen LogP contribution < -0.4 is 5.32 Å². The standard InChI is InChI=1S/C13H26N2O/c1-10(2)9-15(11-6-7-11)12(16)8-14-13(3,4)5/h10-11,14H,6-9H2,1-5H3. The third-order valence-corrected chi connectivity index (χ3v) is 2.64. The summed E-state index contributed by atoms with van der Waals surface area (Å²) >= 11 is 0. The molecule has 0 atom stereocenters. The fourth-order valence-corrected chi connectivity index (χ4v) is 1.68. The average Bonchev–Trinajstić information content (AvgIpc) is 2.92. The molecule has 94 valence electrons. The highest BCUT2D eigenvalue weighted by Crippen LogP contribution is 2.27. The molecule has 16 heavy (non-hydrogen) atoms. The van der Waals surface area contributed by atoms with Crippen molar-refractivity contribution in [2.24, 2.45) is 5.92 Å². The lowest BCUT2D eigenvalue weighted by Gasteiger charge is -2.27. The Bertz CT molecular complexity index is 239. The Kier molecular flexibility index (Phi) is 4.36. The summed E-state index contributed by atoms with van der Waals surface area (Å²) in [4.78, 5) is 14.1. The van der Waals surface area contributed by atoms with Gasteiger partial charge in [-0.2, -0.15) is 0 Å². The van der Waals surface area contributed by atoms with Crippen molar-refractivity contribution in [1.82, 2.24) is 10.2 Å². The number of carbonyl (C=O) groups excluding carboxylic acids is 1. The molecule has 0 spiro atoms. The second kappa shape index (κ2) is 5.17. The minimum absolute atomic E-state index is 0.0166. The van der Waals surface area contributed by atoms with Crippen LogP contribution in [0.1, 0.15) is 47.5 Å². The molecule has 0 aliphatic heterocycles. The topological polar surface area (TPSA) is 32.3 Å². The van der Waals surface area contributed by atoms with Crippen LogP contribution >= 0.6 is 0 Å². The van der Waals surface area contributed by atoms with E-state index in [9.17, 15) is 4.79 Å². The number of hydrogen-bond acceptors (Lipinski definition) is 2. The zero-order valence-electron chi connectivity index (χ0n) is 11.3. The van der Waals surface area contributed by atoms with Gasteiger partial charge in [0.05, 0.1) is 6.54 Å². The van der Waals surface area contributed by atoms with Crippen LogP contribution in [-0.2, 0) is 4.79 Å². The maximum atomic E-state index is 12.1. The van der Waals surface area contributed by atoms with Gasteiger partial charge < -0.3 is 10.2 Å². The van der Waals surface area contributed by atoms with E-state index in [1.807, 2.05) is 0 Å². The SMILES string of the molecule is CC(C)CN(C(=O)CNC(C)(C)C)C1CC1. The molecule has 1 saturated carbocycles. The van der Waals surface area contributed by atoms with E-state index < -0.39 is 0 Å². The molecule has 1 aliphatic rings. The summed E-state index contributed by atoms with van der Waals surface area (Å²) in [6.07, 6.45) is 2.38. The predicted molar refractivity (Wildman–Crippen MR) is 67.3 cm³/mol. The molecule has 0 saturated heterocycles. The average molecular weight is 226 g/mol. The monoisotopic (exact) mass is 226 g/mol. The van der Waals surface area contributed by atoms with Crippen molar-refractivity contribution < 1.29 is 4.79 Å². The third kappa shape index (κ3) is 4.97. The lowest BCUT2D eigenvalue weighted by atomic mass is 10.1. The first-order chi connectivity index (χ1) is 7.29. The third-order valence-electron chi connectivity index (χ3n) is 2.64. The molecule has 1 rings (SSSR count). The van der Waals surface area contributed by atoms with E-state index >= 15 is 0 Å². The number of carbonyl (C=O) groups is 1. The molecule has 1 fully saturated rings. The van der Waals surface area contributed by atoms with Crippen LogP contribution in [0.25, 0.3) is 0 Å². The fraction of sp³-hybridized carbons (Fsp3) is 0.923. The number of hydrogen-bond donors (Lipinski definition) is 1. The largest absolute Gasteiger partial charge is 0.338 e. The van der Waals surface area contributed by atoms with Crippen LogP contribution in [-0.4, -0.2) is 35.5 Å². The van der Waals surface area contributed by atoms with Crippen LogP contribution in [0.2, 0.25) is 0 Å². The Labute approximate surface area is 99.6 Å². The van der Waals surface area contributed by atoms with Gasteiger partial charge in [-0.25, -0.2) is 0 Å². The minimum atomic E-state index is 0.0166. The molecule has 3 heteroatoms. The maximum absolute atomic E-state index is 12.1. The van der Waals surface area contributed by atoms with E-state index in [1.165, 1.54) is 12.8 Å². The number of rotatable bonds is 5. The van der Waals surface area contributed by atoms with Crippen molar-refractivity contribution in [3.63, 3.8) is 0 Å². The molecule has 0 bridgehead atoms. The molecule has 1 N–H and O–H groups in total. The van der Waals surface area contributed by atoms with Gasteiger partial charge in [0.2, 0.25) is 5.91 Å². The molecule has 0 aromatic heterocycles. The Morgan fingerprint density at radius 2 is 1.94 bits per heavy atom. The zero-order chi connectivity index (χ0) is 12.3. The highest BCUT2D eigenvalue weighted by molar-refractivity contribution is 5.79. The smallest absolute Gasteiger partial charge is 0.236 e. The Morgan fingerprint density at radius 3 is 2.31 bits per heavy atom. The summed E-state index contributed by atoms with van der Waals surface area (Å²) in [7, 11) is 0. The Morgan fingerprint density at radius 1 is 1.38 bits per heavy atom. The van der Waals surface area contributed by atoms with Crippen LogP contribution in [0.3, 0.4) is 0 Å². The van der Waals surface area contributed by atoms with Crippen molar-refractivity contribution in [2.75, 3.05) is 13.1 Å². The summed E-state index contributed by atoms with van der Waals surface area (Å²) in [5.41, 5.74) is 0.0166. The molecule has 1 aliphatic carbocycles. The van der Waals surface area contributed by atoms with Gasteiger partial charge >= 0.3 is 0 Å². The van der Waals surface area contributed by atoms with Gasteiger partial charge in [0.25, 0.3) is 0 Å². The highest BCUT2D eigenvalue weighted by Gasteiger charge is 2.32. The van der Waals surface area contributed by atoms with Crippen LogP contribution in [0.15, 0.2) is 0 Å². The van der Waals surface area contributed by atoms with Crippen molar-refractivity contribution >= 4 is 5.91 Å². The molecular weight excluding hydrogens is 200 g/mol. The van der Waals surface area contributed by atoms with Crippen molar-refractivity contribution in [3.05, 3.63) is 0 Å². The first-order valence-electron chi connectivity index (χ1n) is 6.34. The molecule has 0 unspecified atom stereocenters. The summed E-state index contributed by atoms with van der Waals surface area (Å²) in [6, 6.07) is 0.525. The number of nitrogens with one attached hydrogen (secondary N) is 1. The van der Waals surface area contributed by atoms with E-state index in [4.69, 9.17) is 0 Å². The number of amides is 1. The van der Waals surface area contributed by atoms with E-state index in [-0.39, 0.29) is 11.4 Å². The van der Waals surface area contributed by atoms with Crippen molar-refractivity contribution in [2.45, 2.75) is 59.0 Å². The van der Waals surface area contributed by atoms with E-state index in [2.05, 4.69) is 44.8 Å². The molecular formula is C13H26N2O. The zero-order valence-corrected chi connectivity index (χ0v) is 11.3. The Hall–Kier alpha value is -0.570. The van der Waals surface area contributed by atoms with Gasteiger partial charge in [-0.15, -0.1) is 0 Å². The van der Waals surface area contributed by atoms with E-state index in [0.717, 1.165) is 6.54 Å². The van der Waals surface area contributed by atoms with E-state index in [1.54, 1.807) is 0 Å². The summed E-state index contributed by atoms with van der Waals surface area (Å²) in [5, 5.41) is 3.27.